The van der Waals surface area contributed by atoms with E-state index >= 15 is 0 Å². The number of likely N-dealkylation sites (tertiary alicyclic amines) is 1. The molecule has 0 spiro atoms. The van der Waals surface area contributed by atoms with E-state index in [0.29, 0.717) is 19.1 Å². The third-order valence-electron chi connectivity index (χ3n) is 4.88. The number of aliphatic hydroxyl groups excluding tert-OH is 1. The zero-order valence-electron chi connectivity index (χ0n) is 15.5. The molecule has 3 rings (SSSR count). The van der Waals surface area contributed by atoms with Gasteiger partial charge in [-0.1, -0.05) is 17.7 Å². The Hall–Kier alpha value is -1.85. The number of benzene rings is 1. The van der Waals surface area contributed by atoms with E-state index in [-0.39, 0.29) is 0 Å². The lowest BCUT2D eigenvalue weighted by atomic mass is 10.0. The molecule has 5 nitrogen and oxygen atoms in total. The van der Waals surface area contributed by atoms with E-state index in [9.17, 15) is 5.11 Å². The van der Waals surface area contributed by atoms with Crippen LogP contribution in [0.15, 0.2) is 30.6 Å². The highest BCUT2D eigenvalue weighted by molar-refractivity contribution is 5.35. The Labute approximate surface area is 150 Å². The zero-order valence-corrected chi connectivity index (χ0v) is 15.5. The van der Waals surface area contributed by atoms with Crippen LogP contribution in [0.25, 0.3) is 0 Å². The molecule has 1 aromatic carbocycles. The molecule has 1 aromatic heterocycles. The maximum absolute atomic E-state index is 10.3. The second-order valence-electron chi connectivity index (χ2n) is 7.37. The Morgan fingerprint density at radius 3 is 2.92 bits per heavy atom. The van der Waals surface area contributed by atoms with Gasteiger partial charge in [-0.15, -0.1) is 0 Å². The number of ether oxygens (including phenoxy) is 1. The summed E-state index contributed by atoms with van der Waals surface area (Å²) in [6.45, 7) is 7.21. The molecule has 5 heteroatoms. The van der Waals surface area contributed by atoms with Gasteiger partial charge in [0.05, 0.1) is 6.20 Å². The van der Waals surface area contributed by atoms with E-state index in [1.54, 1.807) is 0 Å². The van der Waals surface area contributed by atoms with Gasteiger partial charge in [-0.3, -0.25) is 4.68 Å². The lowest BCUT2D eigenvalue weighted by Crippen LogP contribution is -2.34. The monoisotopic (exact) mass is 343 g/mol. The highest BCUT2D eigenvalue weighted by atomic mass is 16.5. The average Bonchev–Trinajstić information content (AvgIpc) is 3.16. The fourth-order valence-electron chi connectivity index (χ4n) is 3.65. The van der Waals surface area contributed by atoms with Crippen LogP contribution in [0.3, 0.4) is 0 Å². The van der Waals surface area contributed by atoms with E-state index in [4.69, 9.17) is 4.74 Å². The molecule has 0 amide bonds. The quantitative estimate of drug-likeness (QED) is 0.838. The predicted octanol–water partition coefficient (Wildman–Crippen LogP) is 2.34. The zero-order chi connectivity index (χ0) is 17.8. The van der Waals surface area contributed by atoms with Gasteiger partial charge in [0.1, 0.15) is 18.5 Å². The van der Waals surface area contributed by atoms with Gasteiger partial charge in [0.2, 0.25) is 0 Å². The Morgan fingerprint density at radius 1 is 1.36 bits per heavy atom. The fraction of sp³-hybridized carbons (Fsp3) is 0.550. The third kappa shape index (κ3) is 5.06. The number of β-amino-alcohol motifs (C(OH)–C–C–N with tert-alkyl or cyclic N) is 1. The van der Waals surface area contributed by atoms with E-state index < -0.39 is 6.10 Å². The number of aliphatic hydroxyl groups is 1. The van der Waals surface area contributed by atoms with Crippen LogP contribution in [0.1, 0.15) is 23.1 Å². The number of aromatic nitrogens is 2. The van der Waals surface area contributed by atoms with Crippen molar-refractivity contribution in [2.24, 2.45) is 13.0 Å². The molecule has 2 unspecified atom stereocenters. The van der Waals surface area contributed by atoms with E-state index in [1.165, 1.54) is 17.5 Å². The fourth-order valence-corrected chi connectivity index (χ4v) is 3.65. The molecular formula is C20H29N3O2. The van der Waals surface area contributed by atoms with Crippen molar-refractivity contribution in [2.45, 2.75) is 32.8 Å². The molecule has 0 bridgehead atoms. The first kappa shape index (κ1) is 18.0. The molecule has 1 aliphatic rings. The summed E-state index contributed by atoms with van der Waals surface area (Å²) < 4.78 is 7.66. The molecule has 0 radical (unpaired) electrons. The SMILES string of the molecule is Cc1ccc(OCC(O)CN2CCC(Cc3cnn(C)c3)C2)c(C)c1. The molecule has 1 N–H and O–H groups in total. The van der Waals surface area contributed by atoms with Crippen molar-refractivity contribution in [3.8, 4) is 5.75 Å². The summed E-state index contributed by atoms with van der Waals surface area (Å²) in [6, 6.07) is 6.13. The summed E-state index contributed by atoms with van der Waals surface area (Å²) in [4.78, 5) is 2.34. The number of nitrogens with zero attached hydrogens (tertiary/aromatic N) is 3. The molecule has 2 aromatic rings. The molecule has 136 valence electrons. The van der Waals surface area contributed by atoms with Crippen molar-refractivity contribution in [1.82, 2.24) is 14.7 Å². The van der Waals surface area contributed by atoms with E-state index in [2.05, 4.69) is 29.2 Å². The van der Waals surface area contributed by atoms with Gasteiger partial charge >= 0.3 is 0 Å². The van der Waals surface area contributed by atoms with Gasteiger partial charge in [0.15, 0.2) is 0 Å². The molecule has 0 saturated carbocycles. The van der Waals surface area contributed by atoms with E-state index in [0.717, 1.165) is 30.8 Å². The van der Waals surface area contributed by atoms with Crippen LogP contribution in [0, 0.1) is 19.8 Å². The molecule has 25 heavy (non-hydrogen) atoms. The van der Waals surface area contributed by atoms with Crippen LogP contribution in [0.2, 0.25) is 0 Å². The number of hydrogen-bond donors (Lipinski definition) is 1. The van der Waals surface area contributed by atoms with Gasteiger partial charge < -0.3 is 14.7 Å². The number of hydrogen-bond acceptors (Lipinski definition) is 4. The summed E-state index contributed by atoms with van der Waals surface area (Å²) in [5, 5.41) is 14.6. The minimum absolute atomic E-state index is 0.341. The number of rotatable bonds is 7. The van der Waals surface area contributed by atoms with Crippen molar-refractivity contribution in [2.75, 3.05) is 26.2 Å². The third-order valence-corrected chi connectivity index (χ3v) is 4.88. The molecular weight excluding hydrogens is 314 g/mol. The van der Waals surface area contributed by atoms with Gasteiger partial charge in [-0.05, 0) is 56.3 Å². The maximum Gasteiger partial charge on any atom is 0.122 e. The van der Waals surface area contributed by atoms with Gasteiger partial charge in [0, 0.05) is 26.3 Å². The molecule has 0 aliphatic carbocycles. The highest BCUT2D eigenvalue weighted by Gasteiger charge is 2.24. The minimum atomic E-state index is -0.460. The van der Waals surface area contributed by atoms with Crippen LogP contribution >= 0.6 is 0 Å². The Balaban J connectivity index is 1.41. The van der Waals surface area contributed by atoms with Gasteiger partial charge in [-0.2, -0.15) is 5.10 Å². The first-order valence-corrected chi connectivity index (χ1v) is 9.07. The van der Waals surface area contributed by atoms with Gasteiger partial charge in [-0.25, -0.2) is 0 Å². The summed E-state index contributed by atoms with van der Waals surface area (Å²) in [7, 11) is 1.95. The van der Waals surface area contributed by atoms with Crippen molar-refractivity contribution in [3.05, 3.63) is 47.3 Å². The standard InChI is InChI=1S/C20H29N3O2/c1-15-4-5-20(16(2)8-15)25-14-19(24)13-23-7-6-17(12-23)9-18-10-21-22(3)11-18/h4-5,8,10-11,17,19,24H,6-7,9,12-14H2,1-3H3. The molecule has 1 aliphatic heterocycles. The summed E-state index contributed by atoms with van der Waals surface area (Å²) in [6.07, 6.45) is 5.83. The molecule has 1 saturated heterocycles. The second kappa shape index (κ2) is 8.02. The van der Waals surface area contributed by atoms with Crippen molar-refractivity contribution in [3.63, 3.8) is 0 Å². The lowest BCUT2D eigenvalue weighted by Gasteiger charge is -2.21. The first-order valence-electron chi connectivity index (χ1n) is 9.07. The van der Waals surface area contributed by atoms with Gasteiger partial charge in [0.25, 0.3) is 0 Å². The van der Waals surface area contributed by atoms with Crippen LogP contribution in [-0.4, -0.2) is 52.1 Å². The molecule has 2 heterocycles. The Morgan fingerprint density at radius 2 is 2.20 bits per heavy atom. The van der Waals surface area contributed by atoms with E-state index in [1.807, 2.05) is 37.0 Å². The first-order chi connectivity index (χ1) is 12.0. The minimum Gasteiger partial charge on any atom is -0.491 e. The predicted molar refractivity (Wildman–Crippen MR) is 98.9 cm³/mol. The van der Waals surface area contributed by atoms with Crippen molar-refractivity contribution < 1.29 is 9.84 Å². The van der Waals surface area contributed by atoms with Crippen molar-refractivity contribution >= 4 is 0 Å². The lowest BCUT2D eigenvalue weighted by molar-refractivity contribution is 0.0744. The topological polar surface area (TPSA) is 50.5 Å². The van der Waals surface area contributed by atoms with Crippen LogP contribution < -0.4 is 4.74 Å². The second-order valence-corrected chi connectivity index (χ2v) is 7.37. The summed E-state index contributed by atoms with van der Waals surface area (Å²) in [5.41, 5.74) is 3.64. The van der Waals surface area contributed by atoms with Crippen molar-refractivity contribution in [1.29, 1.82) is 0 Å². The largest absolute Gasteiger partial charge is 0.491 e. The Bertz CT molecular complexity index is 698. The van der Waals surface area contributed by atoms with Crippen LogP contribution in [-0.2, 0) is 13.5 Å². The summed E-state index contributed by atoms with van der Waals surface area (Å²) >= 11 is 0. The number of aryl methyl sites for hydroxylation is 3. The average molecular weight is 343 g/mol. The maximum atomic E-state index is 10.3. The highest BCUT2D eigenvalue weighted by Crippen LogP contribution is 2.22. The van der Waals surface area contributed by atoms with Crippen LogP contribution in [0.5, 0.6) is 5.75 Å². The van der Waals surface area contributed by atoms with Crippen LogP contribution in [0.4, 0.5) is 0 Å². The smallest absolute Gasteiger partial charge is 0.122 e. The Kier molecular flexibility index (Phi) is 5.76. The molecule has 1 fully saturated rings. The summed E-state index contributed by atoms with van der Waals surface area (Å²) in [5.74, 6) is 1.51. The normalized spacial score (nSPS) is 19.3. The molecule has 2 atom stereocenters.